The Morgan fingerprint density at radius 3 is 2.47 bits per heavy atom. The summed E-state index contributed by atoms with van der Waals surface area (Å²) in [5, 5.41) is 17.8. The summed E-state index contributed by atoms with van der Waals surface area (Å²) < 4.78 is 26.6. The van der Waals surface area contributed by atoms with Crippen molar-refractivity contribution in [1.29, 1.82) is 5.26 Å². The first kappa shape index (κ1) is 9.27. The van der Waals surface area contributed by atoms with Crippen molar-refractivity contribution in [2.75, 3.05) is 0 Å². The van der Waals surface area contributed by atoms with Gasteiger partial charge in [-0.3, -0.25) is 0 Å². The Kier molecular flexibility index (Phi) is 2.14. The maximum absolute atomic E-state index is 13.3. The minimum atomic E-state index is -0.777. The Hall–Kier alpha value is -2.29. The van der Waals surface area contributed by atoms with Gasteiger partial charge in [0.05, 0.1) is 5.56 Å². The quantitative estimate of drug-likeness (QED) is 0.770. The summed E-state index contributed by atoms with van der Waals surface area (Å²) in [6, 6.07) is 5.11. The first-order valence-corrected chi connectivity index (χ1v) is 3.99. The predicted octanol–water partition coefficient (Wildman–Crippen LogP) is 1.62. The number of nitriles is 1. The molecule has 0 aliphatic carbocycles. The molecule has 2 aromatic rings. The number of nitrogens with zero attached hydrogens (tertiary/aromatic N) is 3. The van der Waals surface area contributed by atoms with Crippen LogP contribution >= 0.6 is 0 Å². The summed E-state index contributed by atoms with van der Waals surface area (Å²) in [7, 11) is 0. The van der Waals surface area contributed by atoms with Crippen molar-refractivity contribution in [2.24, 2.45) is 0 Å². The van der Waals surface area contributed by atoms with Crippen LogP contribution < -0.4 is 0 Å². The van der Waals surface area contributed by atoms with Crippen molar-refractivity contribution >= 4 is 0 Å². The van der Waals surface area contributed by atoms with Crippen molar-refractivity contribution in [1.82, 2.24) is 15.4 Å². The molecule has 2 rings (SSSR count). The highest BCUT2D eigenvalue weighted by Gasteiger charge is 2.17. The molecular weight excluding hydrogens is 202 g/mol. The van der Waals surface area contributed by atoms with E-state index >= 15 is 0 Å². The molecule has 0 saturated heterocycles. The number of H-pyrrole nitrogens is 1. The van der Waals surface area contributed by atoms with Crippen LogP contribution in [0.25, 0.3) is 11.3 Å². The largest absolute Gasteiger partial charge is 0.206 e. The van der Waals surface area contributed by atoms with Gasteiger partial charge in [-0.2, -0.15) is 15.6 Å². The first-order valence-electron chi connectivity index (χ1n) is 3.99. The monoisotopic (exact) mass is 206 g/mol. The van der Waals surface area contributed by atoms with Crippen LogP contribution in [0.15, 0.2) is 18.2 Å². The lowest BCUT2D eigenvalue weighted by atomic mass is 10.1. The molecule has 0 radical (unpaired) electrons. The van der Waals surface area contributed by atoms with E-state index in [0.717, 1.165) is 12.1 Å². The first-order chi connectivity index (χ1) is 7.24. The summed E-state index contributed by atoms with van der Waals surface area (Å²) >= 11 is 0. The van der Waals surface area contributed by atoms with Gasteiger partial charge >= 0.3 is 0 Å². The molecule has 6 heteroatoms. The number of hydrogen-bond donors (Lipinski definition) is 1. The van der Waals surface area contributed by atoms with Crippen molar-refractivity contribution in [3.8, 4) is 17.3 Å². The van der Waals surface area contributed by atoms with Crippen LogP contribution in [-0.2, 0) is 0 Å². The third-order valence-electron chi connectivity index (χ3n) is 1.85. The fourth-order valence-corrected chi connectivity index (χ4v) is 1.21. The molecule has 1 aromatic heterocycles. The summed E-state index contributed by atoms with van der Waals surface area (Å²) in [6.45, 7) is 0. The summed E-state index contributed by atoms with van der Waals surface area (Å²) in [6.07, 6.45) is 0. The molecule has 0 aliphatic rings. The molecule has 0 amide bonds. The number of hydrogen-bond acceptors (Lipinski definition) is 3. The number of rotatable bonds is 1. The second kappa shape index (κ2) is 3.46. The van der Waals surface area contributed by atoms with E-state index in [-0.39, 0.29) is 17.0 Å². The van der Waals surface area contributed by atoms with E-state index in [1.165, 1.54) is 6.07 Å². The normalized spacial score (nSPS) is 9.93. The van der Waals surface area contributed by atoms with Crippen LogP contribution in [0.3, 0.4) is 0 Å². The molecule has 1 N–H and O–H groups in total. The van der Waals surface area contributed by atoms with Crippen LogP contribution in [0, 0.1) is 23.0 Å². The highest BCUT2D eigenvalue weighted by atomic mass is 19.1. The molecule has 1 aromatic carbocycles. The lowest BCUT2D eigenvalue weighted by Gasteiger charge is -1.99. The van der Waals surface area contributed by atoms with E-state index in [1.54, 1.807) is 6.07 Å². The van der Waals surface area contributed by atoms with E-state index in [4.69, 9.17) is 5.26 Å². The molecular formula is C9H4F2N4. The van der Waals surface area contributed by atoms with E-state index in [9.17, 15) is 8.78 Å². The maximum atomic E-state index is 13.3. The molecule has 0 fully saturated rings. The number of aromatic nitrogens is 3. The van der Waals surface area contributed by atoms with Crippen molar-refractivity contribution < 1.29 is 8.78 Å². The maximum Gasteiger partial charge on any atom is 0.190 e. The summed E-state index contributed by atoms with van der Waals surface area (Å²) in [5.74, 6) is -1.55. The van der Waals surface area contributed by atoms with Crippen LogP contribution in [0.5, 0.6) is 0 Å². The molecule has 1 heterocycles. The molecule has 0 aliphatic heterocycles. The fraction of sp³-hybridized carbons (Fsp3) is 0. The predicted molar refractivity (Wildman–Crippen MR) is 46.4 cm³/mol. The van der Waals surface area contributed by atoms with E-state index in [1.807, 2.05) is 0 Å². The van der Waals surface area contributed by atoms with E-state index in [0.29, 0.717) is 0 Å². The van der Waals surface area contributed by atoms with Crippen LogP contribution in [-0.4, -0.2) is 15.4 Å². The standard InChI is InChI=1S/C9H4F2N4/c10-5-2-1-3-6(11)8(5)9-7(4-12)13-15-14-9/h1-3H,(H,13,14,15). The van der Waals surface area contributed by atoms with Gasteiger partial charge in [0, 0.05) is 0 Å². The van der Waals surface area contributed by atoms with Gasteiger partial charge < -0.3 is 0 Å². The lowest BCUT2D eigenvalue weighted by Crippen LogP contribution is -1.92. The second-order valence-corrected chi connectivity index (χ2v) is 2.73. The van der Waals surface area contributed by atoms with Gasteiger partial charge in [-0.1, -0.05) is 6.07 Å². The van der Waals surface area contributed by atoms with Crippen LogP contribution in [0.1, 0.15) is 5.69 Å². The molecule has 0 bridgehead atoms. The number of nitrogens with one attached hydrogen (secondary N) is 1. The van der Waals surface area contributed by atoms with Crippen LogP contribution in [0.4, 0.5) is 8.78 Å². The number of benzene rings is 1. The Labute approximate surface area is 83.2 Å². The highest BCUT2D eigenvalue weighted by molar-refractivity contribution is 5.65. The third-order valence-corrected chi connectivity index (χ3v) is 1.85. The van der Waals surface area contributed by atoms with Gasteiger partial charge in [0.1, 0.15) is 23.4 Å². The third kappa shape index (κ3) is 1.44. The second-order valence-electron chi connectivity index (χ2n) is 2.73. The Morgan fingerprint density at radius 1 is 1.20 bits per heavy atom. The van der Waals surface area contributed by atoms with E-state index in [2.05, 4.69) is 15.4 Å². The molecule has 74 valence electrons. The SMILES string of the molecule is N#Cc1n[nH]nc1-c1c(F)cccc1F. The Bertz CT molecular complexity index is 521. The van der Waals surface area contributed by atoms with Gasteiger partial charge in [0.2, 0.25) is 0 Å². The van der Waals surface area contributed by atoms with Gasteiger partial charge in [0.15, 0.2) is 5.69 Å². The average Bonchev–Trinajstić information content (AvgIpc) is 2.65. The van der Waals surface area contributed by atoms with Crippen molar-refractivity contribution in [3.63, 3.8) is 0 Å². The molecule has 4 nitrogen and oxygen atoms in total. The Morgan fingerprint density at radius 2 is 1.87 bits per heavy atom. The molecule has 0 saturated carbocycles. The van der Waals surface area contributed by atoms with E-state index < -0.39 is 11.6 Å². The minimum Gasteiger partial charge on any atom is -0.206 e. The number of aromatic amines is 1. The lowest BCUT2D eigenvalue weighted by molar-refractivity contribution is 0.588. The molecule has 15 heavy (non-hydrogen) atoms. The van der Waals surface area contributed by atoms with Gasteiger partial charge in [-0.25, -0.2) is 8.78 Å². The zero-order valence-electron chi connectivity index (χ0n) is 7.33. The topological polar surface area (TPSA) is 65.4 Å². The number of halogens is 2. The zero-order valence-corrected chi connectivity index (χ0v) is 7.33. The highest BCUT2D eigenvalue weighted by Crippen LogP contribution is 2.25. The average molecular weight is 206 g/mol. The van der Waals surface area contributed by atoms with Crippen molar-refractivity contribution in [2.45, 2.75) is 0 Å². The van der Waals surface area contributed by atoms with Crippen molar-refractivity contribution in [3.05, 3.63) is 35.5 Å². The molecule has 0 unspecified atom stereocenters. The summed E-state index contributed by atoms with van der Waals surface area (Å²) in [5.41, 5.74) is -0.602. The summed E-state index contributed by atoms with van der Waals surface area (Å²) in [4.78, 5) is 0. The molecule has 0 atom stereocenters. The fourth-order valence-electron chi connectivity index (χ4n) is 1.21. The smallest absolute Gasteiger partial charge is 0.190 e. The molecule has 0 spiro atoms. The van der Waals surface area contributed by atoms with Crippen LogP contribution in [0.2, 0.25) is 0 Å². The van der Waals surface area contributed by atoms with Gasteiger partial charge in [-0.15, -0.1) is 5.10 Å². The Balaban J connectivity index is 2.70. The minimum absolute atomic E-state index is 0.117. The van der Waals surface area contributed by atoms with Gasteiger partial charge in [0.25, 0.3) is 0 Å². The zero-order chi connectivity index (χ0) is 10.8. The van der Waals surface area contributed by atoms with Gasteiger partial charge in [-0.05, 0) is 12.1 Å².